The van der Waals surface area contributed by atoms with Crippen molar-refractivity contribution < 1.29 is 9.53 Å². The summed E-state index contributed by atoms with van der Waals surface area (Å²) in [6, 6.07) is 9.59. The van der Waals surface area contributed by atoms with Crippen molar-refractivity contribution in [3.63, 3.8) is 0 Å². The van der Waals surface area contributed by atoms with Crippen LogP contribution in [0.25, 0.3) is 10.9 Å². The van der Waals surface area contributed by atoms with Gasteiger partial charge in [0.15, 0.2) is 0 Å². The molecule has 3 aromatic rings. The minimum atomic E-state index is 0.128. The summed E-state index contributed by atoms with van der Waals surface area (Å²) in [6.45, 7) is 6.73. The number of morpholine rings is 1. The highest BCUT2D eigenvalue weighted by atomic mass is 35.5. The maximum absolute atomic E-state index is 12.6. The van der Waals surface area contributed by atoms with Crippen LogP contribution in [-0.4, -0.2) is 78.2 Å². The van der Waals surface area contributed by atoms with Crippen molar-refractivity contribution in [2.75, 3.05) is 57.4 Å². The Morgan fingerprint density at radius 1 is 1.06 bits per heavy atom. The minimum Gasteiger partial charge on any atom is -0.378 e. The average Bonchev–Trinajstić information content (AvgIpc) is 3.34. The lowest BCUT2D eigenvalue weighted by Gasteiger charge is -2.34. The van der Waals surface area contributed by atoms with Crippen molar-refractivity contribution in [2.24, 2.45) is 0 Å². The van der Waals surface area contributed by atoms with Gasteiger partial charge in [-0.3, -0.25) is 9.69 Å². The summed E-state index contributed by atoms with van der Waals surface area (Å²) in [4.78, 5) is 29.6. The molecule has 7 nitrogen and oxygen atoms in total. The number of benzene rings is 1. The quantitative estimate of drug-likeness (QED) is 0.599. The van der Waals surface area contributed by atoms with E-state index in [1.807, 2.05) is 40.6 Å². The molecule has 5 rings (SSSR count). The fourth-order valence-electron chi connectivity index (χ4n) is 4.08. The highest BCUT2D eigenvalue weighted by molar-refractivity contribution is 7.12. The van der Waals surface area contributed by atoms with Gasteiger partial charge in [-0.05, 0) is 29.6 Å². The summed E-state index contributed by atoms with van der Waals surface area (Å²) in [5.41, 5.74) is 0.905. The number of rotatable bonds is 4. The van der Waals surface area contributed by atoms with Gasteiger partial charge in [0.05, 0.1) is 30.2 Å². The molecule has 1 amide bonds. The van der Waals surface area contributed by atoms with Crippen LogP contribution in [0, 0.1) is 0 Å². The van der Waals surface area contributed by atoms with Crippen LogP contribution < -0.4 is 4.90 Å². The van der Waals surface area contributed by atoms with Crippen molar-refractivity contribution in [3.8, 4) is 0 Å². The van der Waals surface area contributed by atoms with Crippen LogP contribution in [-0.2, 0) is 11.3 Å². The lowest BCUT2D eigenvalue weighted by Crippen LogP contribution is -2.48. The van der Waals surface area contributed by atoms with E-state index in [-0.39, 0.29) is 5.91 Å². The number of carbonyl (C=O) groups excluding carboxylic acids is 1. The van der Waals surface area contributed by atoms with Crippen LogP contribution >= 0.6 is 22.9 Å². The molecule has 2 saturated heterocycles. The standard InChI is InChI=1S/C22H24ClN5O2S/c23-16-3-4-18-17(14-16)21(27-9-11-30-12-10-27)25-20(24-18)15-26-5-7-28(8-6-26)22(29)19-2-1-13-31-19/h1-4,13-14H,5-12,15H2. The van der Waals surface area contributed by atoms with Crippen LogP contribution in [0.1, 0.15) is 15.5 Å². The van der Waals surface area contributed by atoms with E-state index in [4.69, 9.17) is 26.3 Å². The van der Waals surface area contributed by atoms with Crippen LogP contribution in [0.15, 0.2) is 35.7 Å². The van der Waals surface area contributed by atoms with Gasteiger partial charge in [-0.25, -0.2) is 9.97 Å². The first kappa shape index (κ1) is 20.6. The van der Waals surface area contributed by atoms with Crippen molar-refractivity contribution in [2.45, 2.75) is 6.54 Å². The van der Waals surface area contributed by atoms with Gasteiger partial charge in [0.2, 0.25) is 0 Å². The second-order valence-corrected chi connectivity index (χ2v) is 9.15. The molecule has 2 aliphatic rings. The van der Waals surface area contributed by atoms with Crippen LogP contribution in [0.2, 0.25) is 5.02 Å². The molecule has 162 valence electrons. The van der Waals surface area contributed by atoms with E-state index in [2.05, 4.69) is 9.80 Å². The molecule has 0 radical (unpaired) electrons. The van der Waals surface area contributed by atoms with Crippen LogP contribution in [0.5, 0.6) is 0 Å². The second kappa shape index (κ2) is 9.08. The molecule has 0 unspecified atom stereocenters. The molecule has 2 aliphatic heterocycles. The smallest absolute Gasteiger partial charge is 0.264 e. The Morgan fingerprint density at radius 2 is 1.87 bits per heavy atom. The number of hydrogen-bond acceptors (Lipinski definition) is 7. The van der Waals surface area contributed by atoms with Crippen LogP contribution in [0.3, 0.4) is 0 Å². The Balaban J connectivity index is 1.32. The number of anilines is 1. The highest BCUT2D eigenvalue weighted by Gasteiger charge is 2.24. The van der Waals surface area contributed by atoms with E-state index in [1.165, 1.54) is 11.3 Å². The first-order valence-electron chi connectivity index (χ1n) is 10.5. The van der Waals surface area contributed by atoms with Gasteiger partial charge in [-0.2, -0.15) is 0 Å². The van der Waals surface area contributed by atoms with Gasteiger partial charge in [0.25, 0.3) is 5.91 Å². The largest absolute Gasteiger partial charge is 0.378 e. The lowest BCUT2D eigenvalue weighted by molar-refractivity contribution is 0.0630. The average molecular weight is 458 g/mol. The van der Waals surface area contributed by atoms with Crippen molar-refractivity contribution in [1.82, 2.24) is 19.8 Å². The Bertz CT molecular complexity index is 1060. The minimum absolute atomic E-state index is 0.128. The van der Waals surface area contributed by atoms with E-state index in [9.17, 15) is 4.79 Å². The van der Waals surface area contributed by atoms with Gasteiger partial charge in [0, 0.05) is 49.7 Å². The Kier molecular flexibility index (Phi) is 6.04. The normalized spacial score (nSPS) is 18.0. The van der Waals surface area contributed by atoms with Crippen molar-refractivity contribution in [1.29, 1.82) is 0 Å². The summed E-state index contributed by atoms with van der Waals surface area (Å²) in [5.74, 6) is 1.86. The number of halogens is 1. The summed E-state index contributed by atoms with van der Waals surface area (Å²) in [5, 5.41) is 3.61. The zero-order chi connectivity index (χ0) is 21.2. The molecule has 0 saturated carbocycles. The monoisotopic (exact) mass is 457 g/mol. The van der Waals surface area contributed by atoms with E-state index in [1.54, 1.807) is 0 Å². The highest BCUT2D eigenvalue weighted by Crippen LogP contribution is 2.28. The zero-order valence-electron chi connectivity index (χ0n) is 17.2. The summed E-state index contributed by atoms with van der Waals surface area (Å²) >= 11 is 7.76. The maximum atomic E-state index is 12.6. The Morgan fingerprint density at radius 3 is 2.61 bits per heavy atom. The molecule has 0 atom stereocenters. The Hall–Kier alpha value is -2.26. The van der Waals surface area contributed by atoms with Gasteiger partial charge < -0.3 is 14.5 Å². The fourth-order valence-corrected chi connectivity index (χ4v) is 4.95. The number of hydrogen-bond donors (Lipinski definition) is 0. The molecule has 0 spiro atoms. The molecule has 0 aliphatic carbocycles. The number of fused-ring (bicyclic) bond motifs is 1. The number of carbonyl (C=O) groups is 1. The maximum Gasteiger partial charge on any atom is 0.264 e. The molecule has 1 aromatic carbocycles. The van der Waals surface area contributed by atoms with Gasteiger partial charge in [-0.15, -0.1) is 11.3 Å². The SMILES string of the molecule is O=C(c1cccs1)N1CCN(Cc2nc(N3CCOCC3)c3cc(Cl)ccc3n2)CC1. The molecule has 0 bridgehead atoms. The summed E-state index contributed by atoms with van der Waals surface area (Å²) in [7, 11) is 0. The van der Waals surface area contributed by atoms with Crippen molar-refractivity contribution in [3.05, 3.63) is 51.4 Å². The summed E-state index contributed by atoms with van der Waals surface area (Å²) in [6.07, 6.45) is 0. The third-order valence-corrected chi connectivity index (χ3v) is 6.84. The molecule has 4 heterocycles. The van der Waals surface area contributed by atoms with E-state index < -0.39 is 0 Å². The van der Waals surface area contributed by atoms with Crippen molar-refractivity contribution >= 4 is 45.6 Å². The lowest BCUT2D eigenvalue weighted by atomic mass is 10.2. The van der Waals surface area contributed by atoms with Crippen LogP contribution in [0.4, 0.5) is 5.82 Å². The third-order valence-electron chi connectivity index (χ3n) is 5.75. The number of thiophene rings is 1. The molecular weight excluding hydrogens is 434 g/mol. The number of amides is 1. The topological polar surface area (TPSA) is 61.8 Å². The van der Waals surface area contributed by atoms with Gasteiger partial charge >= 0.3 is 0 Å². The molecule has 9 heteroatoms. The fraction of sp³-hybridized carbons (Fsp3) is 0.409. The second-order valence-electron chi connectivity index (χ2n) is 7.77. The summed E-state index contributed by atoms with van der Waals surface area (Å²) < 4.78 is 5.51. The van der Waals surface area contributed by atoms with E-state index in [0.717, 1.165) is 66.7 Å². The predicted molar refractivity (Wildman–Crippen MR) is 123 cm³/mol. The molecule has 0 N–H and O–H groups in total. The van der Waals surface area contributed by atoms with E-state index >= 15 is 0 Å². The molecule has 2 aromatic heterocycles. The first-order chi connectivity index (χ1) is 15.2. The van der Waals surface area contributed by atoms with Gasteiger partial charge in [0.1, 0.15) is 11.6 Å². The zero-order valence-corrected chi connectivity index (χ0v) is 18.7. The Labute approximate surface area is 190 Å². The van der Waals surface area contributed by atoms with Gasteiger partial charge in [-0.1, -0.05) is 17.7 Å². The number of aromatic nitrogens is 2. The predicted octanol–water partition coefficient (Wildman–Crippen LogP) is 3.14. The molecule has 2 fully saturated rings. The van der Waals surface area contributed by atoms with E-state index in [0.29, 0.717) is 24.8 Å². The number of piperazine rings is 1. The molecule has 31 heavy (non-hydrogen) atoms. The molecular formula is C22H24ClN5O2S. The first-order valence-corrected chi connectivity index (χ1v) is 11.8. The third kappa shape index (κ3) is 4.52. The number of ether oxygens (including phenoxy) is 1. The number of nitrogens with zero attached hydrogens (tertiary/aromatic N) is 5.